The van der Waals surface area contributed by atoms with Crippen molar-refractivity contribution in [2.24, 2.45) is 5.73 Å². The van der Waals surface area contributed by atoms with E-state index in [1.807, 2.05) is 0 Å². The number of thiophene rings is 1. The van der Waals surface area contributed by atoms with Crippen LogP contribution in [0.5, 0.6) is 0 Å². The van der Waals surface area contributed by atoms with Crippen molar-refractivity contribution in [3.05, 3.63) is 57.7 Å². The molecule has 0 aliphatic carbocycles. The Kier molecular flexibility index (Phi) is 6.03. The van der Waals surface area contributed by atoms with Gasteiger partial charge in [-0.2, -0.15) is 5.10 Å². The maximum Gasteiger partial charge on any atom is 0.308 e. The molecule has 3 N–H and O–H groups in total. The third kappa shape index (κ3) is 4.66. The first-order valence-electron chi connectivity index (χ1n) is 8.69. The van der Waals surface area contributed by atoms with Crippen LogP contribution < -0.4 is 16.5 Å². The summed E-state index contributed by atoms with van der Waals surface area (Å²) in [6.45, 7) is 1.61. The highest BCUT2D eigenvalue weighted by Crippen LogP contribution is 2.23. The van der Waals surface area contributed by atoms with Crippen molar-refractivity contribution in [1.29, 1.82) is 0 Å². The molecule has 3 aromatic rings. The predicted molar refractivity (Wildman–Crippen MR) is 108 cm³/mol. The van der Waals surface area contributed by atoms with Crippen molar-refractivity contribution < 1.29 is 19.1 Å². The molecule has 2 heterocycles. The second-order valence-electron chi connectivity index (χ2n) is 6.15. The Labute approximate surface area is 169 Å². The zero-order valence-electron chi connectivity index (χ0n) is 15.5. The number of hydrogen-bond acceptors (Lipinski definition) is 7. The van der Waals surface area contributed by atoms with Gasteiger partial charge in [-0.25, -0.2) is 0 Å². The SMILES string of the molecule is C[C@H](OC(=O)CCn1ncc(=O)c2ccccc21)C(=O)Nc1sccc1C(N)=O. The average Bonchev–Trinajstić information content (AvgIpc) is 3.16. The van der Waals surface area contributed by atoms with Crippen molar-refractivity contribution >= 4 is 45.0 Å². The van der Waals surface area contributed by atoms with Crippen LogP contribution in [0.15, 0.2) is 46.7 Å². The largest absolute Gasteiger partial charge is 0.452 e. The zero-order valence-corrected chi connectivity index (χ0v) is 16.3. The lowest BCUT2D eigenvalue weighted by molar-refractivity contribution is -0.153. The number of carbonyl (C=O) groups excluding carboxylic acids is 3. The standard InChI is InChI=1S/C19H18N4O5S/c1-11(18(27)22-19-13(17(20)26)7-9-29-19)28-16(25)6-8-23-14-5-3-2-4-12(14)15(24)10-21-23/h2-5,7,9-11H,6,8H2,1H3,(H2,20,26)(H,22,27)/t11-/m0/s1. The molecule has 0 aliphatic heterocycles. The van der Waals surface area contributed by atoms with Gasteiger partial charge in [0.1, 0.15) is 5.00 Å². The number of primary amides is 1. The summed E-state index contributed by atoms with van der Waals surface area (Å²) in [5, 5.41) is 9.00. The first-order valence-corrected chi connectivity index (χ1v) is 9.57. The highest BCUT2D eigenvalue weighted by atomic mass is 32.1. The number of esters is 1. The van der Waals surface area contributed by atoms with Crippen molar-refractivity contribution in [3.63, 3.8) is 0 Å². The molecule has 2 amide bonds. The number of benzene rings is 1. The van der Waals surface area contributed by atoms with Gasteiger partial charge >= 0.3 is 5.97 Å². The van der Waals surface area contributed by atoms with Gasteiger partial charge in [-0.05, 0) is 30.5 Å². The van der Waals surface area contributed by atoms with Crippen LogP contribution in [0.2, 0.25) is 0 Å². The number of aryl methyl sites for hydroxylation is 1. The molecule has 29 heavy (non-hydrogen) atoms. The van der Waals surface area contributed by atoms with Crippen molar-refractivity contribution in [2.45, 2.75) is 26.0 Å². The Morgan fingerprint density at radius 2 is 2.03 bits per heavy atom. The summed E-state index contributed by atoms with van der Waals surface area (Å²) in [5.74, 6) is -1.83. The van der Waals surface area contributed by atoms with E-state index in [9.17, 15) is 19.2 Å². The summed E-state index contributed by atoms with van der Waals surface area (Å²) in [4.78, 5) is 47.5. The van der Waals surface area contributed by atoms with Gasteiger partial charge in [0.05, 0.1) is 30.2 Å². The quantitative estimate of drug-likeness (QED) is 0.563. The van der Waals surface area contributed by atoms with Crippen LogP contribution in [0.3, 0.4) is 0 Å². The summed E-state index contributed by atoms with van der Waals surface area (Å²) >= 11 is 1.14. The number of nitrogens with one attached hydrogen (secondary N) is 1. The number of aromatic nitrogens is 2. The summed E-state index contributed by atoms with van der Waals surface area (Å²) in [5.41, 5.74) is 5.84. The van der Waals surface area contributed by atoms with Gasteiger partial charge in [-0.15, -0.1) is 11.3 Å². The molecule has 1 aromatic carbocycles. The van der Waals surface area contributed by atoms with Crippen molar-refractivity contribution in [2.75, 3.05) is 5.32 Å². The lowest BCUT2D eigenvalue weighted by atomic mass is 10.2. The number of nitrogens with zero attached hydrogens (tertiary/aromatic N) is 2. The number of rotatable bonds is 7. The Bertz CT molecular complexity index is 1140. The van der Waals surface area contributed by atoms with Crippen molar-refractivity contribution in [1.82, 2.24) is 9.78 Å². The lowest BCUT2D eigenvalue weighted by Gasteiger charge is -2.14. The molecule has 0 bridgehead atoms. The van der Waals surface area contributed by atoms with E-state index < -0.39 is 23.9 Å². The minimum Gasteiger partial charge on any atom is -0.452 e. The molecule has 9 nitrogen and oxygen atoms in total. The molecule has 0 fully saturated rings. The summed E-state index contributed by atoms with van der Waals surface area (Å²) < 4.78 is 6.69. The van der Waals surface area contributed by atoms with Gasteiger partial charge in [0.15, 0.2) is 6.10 Å². The van der Waals surface area contributed by atoms with Crippen LogP contribution in [0.25, 0.3) is 10.9 Å². The Morgan fingerprint density at radius 1 is 1.28 bits per heavy atom. The zero-order chi connectivity index (χ0) is 21.0. The summed E-state index contributed by atoms with van der Waals surface area (Å²) in [7, 11) is 0. The van der Waals surface area contributed by atoms with Gasteiger partial charge in [0, 0.05) is 5.39 Å². The van der Waals surface area contributed by atoms with Gasteiger partial charge in [0.25, 0.3) is 11.8 Å². The smallest absolute Gasteiger partial charge is 0.308 e. The molecule has 2 aromatic heterocycles. The normalized spacial score (nSPS) is 11.8. The number of hydrogen-bond donors (Lipinski definition) is 2. The van der Waals surface area contributed by atoms with Crippen LogP contribution >= 0.6 is 11.3 Å². The fourth-order valence-electron chi connectivity index (χ4n) is 2.66. The summed E-state index contributed by atoms with van der Waals surface area (Å²) in [6, 6.07) is 8.45. The topological polar surface area (TPSA) is 133 Å². The van der Waals surface area contributed by atoms with Crippen LogP contribution in [-0.4, -0.2) is 33.7 Å². The monoisotopic (exact) mass is 414 g/mol. The van der Waals surface area contributed by atoms with Gasteiger partial charge < -0.3 is 15.8 Å². The number of nitrogens with two attached hydrogens (primary N) is 1. The molecule has 0 saturated heterocycles. The average molecular weight is 414 g/mol. The van der Waals surface area contributed by atoms with E-state index >= 15 is 0 Å². The number of ether oxygens (including phenoxy) is 1. The molecule has 1 atom stereocenters. The molecule has 0 unspecified atom stereocenters. The molecule has 150 valence electrons. The Morgan fingerprint density at radius 3 is 2.79 bits per heavy atom. The van der Waals surface area contributed by atoms with E-state index in [1.54, 1.807) is 29.6 Å². The minimum atomic E-state index is -1.07. The number of anilines is 1. The van der Waals surface area contributed by atoms with E-state index in [0.717, 1.165) is 11.3 Å². The molecule has 10 heteroatoms. The first-order chi connectivity index (χ1) is 13.9. The third-order valence-electron chi connectivity index (χ3n) is 4.13. The summed E-state index contributed by atoms with van der Waals surface area (Å²) in [6.07, 6.45) is 0.0912. The van der Waals surface area contributed by atoms with Crippen LogP contribution in [-0.2, 0) is 20.9 Å². The predicted octanol–water partition coefficient (Wildman–Crippen LogP) is 1.52. The third-order valence-corrected chi connectivity index (χ3v) is 4.96. The molecule has 3 rings (SSSR count). The maximum absolute atomic E-state index is 12.2. The molecule has 0 aliphatic rings. The minimum absolute atomic E-state index is 0.0387. The number of carbonyl (C=O) groups is 3. The molecular formula is C19H18N4O5S. The second kappa shape index (κ2) is 8.65. The Hall–Kier alpha value is -3.53. The van der Waals surface area contributed by atoms with E-state index in [4.69, 9.17) is 10.5 Å². The van der Waals surface area contributed by atoms with E-state index in [2.05, 4.69) is 10.4 Å². The maximum atomic E-state index is 12.2. The molecular weight excluding hydrogens is 396 g/mol. The highest BCUT2D eigenvalue weighted by molar-refractivity contribution is 7.14. The highest BCUT2D eigenvalue weighted by Gasteiger charge is 2.20. The van der Waals surface area contributed by atoms with Crippen LogP contribution in [0, 0.1) is 0 Å². The van der Waals surface area contributed by atoms with Gasteiger partial charge in [-0.1, -0.05) is 12.1 Å². The number of para-hydroxylation sites is 1. The molecule has 0 spiro atoms. The van der Waals surface area contributed by atoms with Gasteiger partial charge in [-0.3, -0.25) is 23.9 Å². The van der Waals surface area contributed by atoms with Crippen molar-refractivity contribution in [3.8, 4) is 0 Å². The molecule has 0 saturated carbocycles. The second-order valence-corrected chi connectivity index (χ2v) is 7.06. The fraction of sp³-hybridized carbons (Fsp3) is 0.211. The van der Waals surface area contributed by atoms with Gasteiger partial charge in [0.2, 0.25) is 5.43 Å². The van der Waals surface area contributed by atoms with Crippen LogP contribution in [0.4, 0.5) is 5.00 Å². The van der Waals surface area contributed by atoms with E-state index in [0.29, 0.717) is 15.9 Å². The molecule has 0 radical (unpaired) electrons. The first kappa shape index (κ1) is 20.2. The lowest BCUT2D eigenvalue weighted by Crippen LogP contribution is -2.30. The van der Waals surface area contributed by atoms with E-state index in [1.165, 1.54) is 23.9 Å². The Balaban J connectivity index is 1.59. The number of amides is 2. The van der Waals surface area contributed by atoms with Crippen LogP contribution in [0.1, 0.15) is 23.7 Å². The fourth-order valence-corrected chi connectivity index (χ4v) is 3.45. The number of fused-ring (bicyclic) bond motifs is 1. The van der Waals surface area contributed by atoms with E-state index in [-0.39, 0.29) is 24.0 Å².